The summed E-state index contributed by atoms with van der Waals surface area (Å²) in [7, 11) is 1.63. The van der Waals surface area contributed by atoms with E-state index in [1.54, 1.807) is 7.11 Å². The average molecular weight is 187 g/mol. The monoisotopic (exact) mass is 187 g/mol. The van der Waals surface area contributed by atoms with Gasteiger partial charge in [0, 0.05) is 19.1 Å². The summed E-state index contributed by atoms with van der Waals surface area (Å²) in [6.07, 6.45) is 3.98. The molecule has 0 aromatic carbocycles. The number of rotatable bonds is 5. The Bertz CT molecular complexity index is 163. The summed E-state index contributed by atoms with van der Waals surface area (Å²) in [6, 6.07) is 0. The lowest BCUT2D eigenvalue weighted by Gasteiger charge is -2.52. The van der Waals surface area contributed by atoms with Crippen LogP contribution in [0.4, 0.5) is 0 Å². The molecule has 1 atom stereocenters. The summed E-state index contributed by atoms with van der Waals surface area (Å²) in [5.41, 5.74) is 4.96. The fourth-order valence-electron chi connectivity index (χ4n) is 2.33. The van der Waals surface area contributed by atoms with Gasteiger partial charge < -0.3 is 15.6 Å². The van der Waals surface area contributed by atoms with Crippen LogP contribution >= 0.6 is 0 Å². The lowest BCUT2D eigenvalue weighted by atomic mass is 9.58. The van der Waals surface area contributed by atoms with Gasteiger partial charge in [0.1, 0.15) is 0 Å². The van der Waals surface area contributed by atoms with E-state index in [0.29, 0.717) is 13.2 Å². The van der Waals surface area contributed by atoms with Crippen LogP contribution < -0.4 is 5.73 Å². The van der Waals surface area contributed by atoms with Gasteiger partial charge in [0.05, 0.1) is 12.2 Å². The average Bonchev–Trinajstić information content (AvgIpc) is 2.04. The molecular weight excluding hydrogens is 166 g/mol. The predicted molar refractivity (Wildman–Crippen MR) is 52.5 cm³/mol. The van der Waals surface area contributed by atoms with Gasteiger partial charge in [-0.25, -0.2) is 0 Å². The predicted octanol–water partition coefficient (Wildman–Crippen LogP) is 0.903. The van der Waals surface area contributed by atoms with Gasteiger partial charge in [-0.05, 0) is 19.3 Å². The van der Waals surface area contributed by atoms with Gasteiger partial charge >= 0.3 is 0 Å². The topological polar surface area (TPSA) is 55.5 Å². The van der Waals surface area contributed by atoms with E-state index in [1.807, 2.05) is 6.92 Å². The van der Waals surface area contributed by atoms with Crippen molar-refractivity contribution >= 4 is 0 Å². The fourth-order valence-corrected chi connectivity index (χ4v) is 2.33. The number of aliphatic hydroxyl groups is 1. The molecule has 3 nitrogen and oxygen atoms in total. The van der Waals surface area contributed by atoms with E-state index in [9.17, 15) is 5.11 Å². The zero-order valence-electron chi connectivity index (χ0n) is 8.68. The molecule has 0 bridgehead atoms. The third-order valence-corrected chi connectivity index (χ3v) is 3.66. The minimum Gasteiger partial charge on any atom is -0.387 e. The van der Waals surface area contributed by atoms with Crippen LogP contribution in [-0.4, -0.2) is 31.0 Å². The molecule has 0 heterocycles. The summed E-state index contributed by atoms with van der Waals surface area (Å²) in [6.45, 7) is 2.97. The molecule has 3 N–H and O–H groups in total. The van der Waals surface area contributed by atoms with Crippen LogP contribution in [0.25, 0.3) is 0 Å². The normalized spacial score (nSPS) is 24.9. The molecule has 13 heavy (non-hydrogen) atoms. The molecule has 1 saturated carbocycles. The highest BCUT2D eigenvalue weighted by Gasteiger charge is 2.51. The van der Waals surface area contributed by atoms with E-state index in [-0.39, 0.29) is 5.41 Å². The molecule has 0 amide bonds. The first-order chi connectivity index (χ1) is 6.14. The summed E-state index contributed by atoms with van der Waals surface area (Å²) in [5.74, 6) is 0. The number of ether oxygens (including phenoxy) is 1. The SMILES string of the molecule is CCC(O)(COC)C1(CN)CCC1. The third kappa shape index (κ3) is 1.60. The van der Waals surface area contributed by atoms with Crippen molar-refractivity contribution in [2.75, 3.05) is 20.3 Å². The van der Waals surface area contributed by atoms with E-state index in [4.69, 9.17) is 10.5 Å². The highest BCUT2D eigenvalue weighted by Crippen LogP contribution is 2.49. The summed E-state index contributed by atoms with van der Waals surface area (Å²) in [4.78, 5) is 0. The molecule has 1 unspecified atom stereocenters. The molecule has 0 spiro atoms. The van der Waals surface area contributed by atoms with E-state index in [1.165, 1.54) is 6.42 Å². The molecule has 3 heteroatoms. The van der Waals surface area contributed by atoms with Gasteiger partial charge in [-0.2, -0.15) is 0 Å². The Labute approximate surface area is 80.3 Å². The van der Waals surface area contributed by atoms with Crippen molar-refractivity contribution in [3.05, 3.63) is 0 Å². The van der Waals surface area contributed by atoms with Crippen LogP contribution in [0.1, 0.15) is 32.6 Å². The Hall–Kier alpha value is -0.120. The molecule has 0 aromatic rings. The van der Waals surface area contributed by atoms with Crippen LogP contribution in [0.15, 0.2) is 0 Å². The standard InChI is InChI=1S/C10H21NO2/c1-3-10(12,8-13-2)9(7-11)5-4-6-9/h12H,3-8,11H2,1-2H3. The first kappa shape index (κ1) is 11.0. The maximum atomic E-state index is 10.4. The number of nitrogens with two attached hydrogens (primary N) is 1. The summed E-state index contributed by atoms with van der Waals surface area (Å²) < 4.78 is 5.08. The van der Waals surface area contributed by atoms with Crippen LogP contribution in [0.3, 0.4) is 0 Å². The minimum absolute atomic E-state index is 0.0717. The van der Waals surface area contributed by atoms with Crippen molar-refractivity contribution in [1.82, 2.24) is 0 Å². The van der Waals surface area contributed by atoms with E-state index < -0.39 is 5.60 Å². The minimum atomic E-state index is -0.714. The lowest BCUT2D eigenvalue weighted by Crippen LogP contribution is -2.58. The highest BCUT2D eigenvalue weighted by molar-refractivity contribution is 5.03. The van der Waals surface area contributed by atoms with Crippen molar-refractivity contribution in [3.63, 3.8) is 0 Å². The number of methoxy groups -OCH3 is 1. The quantitative estimate of drug-likeness (QED) is 0.672. The maximum absolute atomic E-state index is 10.4. The van der Waals surface area contributed by atoms with Crippen molar-refractivity contribution in [2.24, 2.45) is 11.1 Å². The molecule has 0 aliphatic heterocycles. The Morgan fingerprint density at radius 3 is 2.38 bits per heavy atom. The van der Waals surface area contributed by atoms with Gasteiger partial charge in [0.15, 0.2) is 0 Å². The van der Waals surface area contributed by atoms with Crippen LogP contribution in [0.5, 0.6) is 0 Å². The van der Waals surface area contributed by atoms with Crippen LogP contribution in [0.2, 0.25) is 0 Å². The Kier molecular flexibility index (Phi) is 3.33. The second-order valence-electron chi connectivity index (χ2n) is 4.16. The van der Waals surface area contributed by atoms with Crippen molar-refractivity contribution in [1.29, 1.82) is 0 Å². The number of hydrogen-bond donors (Lipinski definition) is 2. The van der Waals surface area contributed by atoms with Gasteiger partial charge in [0.25, 0.3) is 0 Å². The van der Waals surface area contributed by atoms with Gasteiger partial charge in [-0.1, -0.05) is 13.3 Å². The van der Waals surface area contributed by atoms with Crippen LogP contribution in [-0.2, 0) is 4.74 Å². The molecule has 1 aliphatic carbocycles. The molecular formula is C10H21NO2. The maximum Gasteiger partial charge on any atom is 0.0945 e. The molecule has 1 fully saturated rings. The smallest absolute Gasteiger partial charge is 0.0945 e. The molecule has 0 saturated heterocycles. The Balaban J connectivity index is 2.72. The van der Waals surface area contributed by atoms with Crippen LogP contribution in [0, 0.1) is 5.41 Å². The zero-order chi connectivity index (χ0) is 9.95. The van der Waals surface area contributed by atoms with Gasteiger partial charge in [0.2, 0.25) is 0 Å². The summed E-state index contributed by atoms with van der Waals surface area (Å²) >= 11 is 0. The molecule has 78 valence electrons. The van der Waals surface area contributed by atoms with E-state index >= 15 is 0 Å². The van der Waals surface area contributed by atoms with Gasteiger partial charge in [-0.3, -0.25) is 0 Å². The van der Waals surface area contributed by atoms with Crippen molar-refractivity contribution < 1.29 is 9.84 Å². The first-order valence-corrected chi connectivity index (χ1v) is 5.05. The number of hydrogen-bond acceptors (Lipinski definition) is 3. The second-order valence-corrected chi connectivity index (χ2v) is 4.16. The van der Waals surface area contributed by atoms with E-state index in [2.05, 4.69) is 0 Å². The van der Waals surface area contributed by atoms with Gasteiger partial charge in [-0.15, -0.1) is 0 Å². The van der Waals surface area contributed by atoms with Crippen molar-refractivity contribution in [3.8, 4) is 0 Å². The lowest BCUT2D eigenvalue weighted by molar-refractivity contribution is -0.156. The fraction of sp³-hybridized carbons (Fsp3) is 1.00. The molecule has 1 aliphatic rings. The Morgan fingerprint density at radius 2 is 2.15 bits per heavy atom. The molecule has 1 rings (SSSR count). The molecule has 0 radical (unpaired) electrons. The zero-order valence-corrected chi connectivity index (χ0v) is 8.68. The molecule has 0 aromatic heterocycles. The van der Waals surface area contributed by atoms with E-state index in [0.717, 1.165) is 19.3 Å². The Morgan fingerprint density at radius 1 is 1.54 bits per heavy atom. The highest BCUT2D eigenvalue weighted by atomic mass is 16.5. The summed E-state index contributed by atoms with van der Waals surface area (Å²) in [5, 5.41) is 10.4. The third-order valence-electron chi connectivity index (χ3n) is 3.66. The van der Waals surface area contributed by atoms with Crippen molar-refractivity contribution in [2.45, 2.75) is 38.2 Å². The second kappa shape index (κ2) is 3.95. The first-order valence-electron chi connectivity index (χ1n) is 5.05. The largest absolute Gasteiger partial charge is 0.387 e.